The molecule has 1 fully saturated rings. The Morgan fingerprint density at radius 2 is 2.08 bits per heavy atom. The molecule has 1 aromatic heterocycles. The quantitative estimate of drug-likeness (QED) is 0.547. The van der Waals surface area contributed by atoms with Crippen LogP contribution in [0, 0.1) is 13.8 Å². The summed E-state index contributed by atoms with van der Waals surface area (Å²) in [6.45, 7) is 5.71. The Hall–Kier alpha value is -1.71. The summed E-state index contributed by atoms with van der Waals surface area (Å²) < 4.78 is 5.64. The number of likely N-dealkylation sites (N-methyl/N-ethyl adjacent to an activating group) is 1. The van der Waals surface area contributed by atoms with Crippen molar-refractivity contribution in [1.29, 1.82) is 0 Å². The number of rotatable bonds is 7. The molecule has 25 heavy (non-hydrogen) atoms. The number of nitrogens with zero attached hydrogens (tertiary/aromatic N) is 4. The van der Waals surface area contributed by atoms with E-state index >= 15 is 0 Å². The molecule has 1 saturated heterocycles. The van der Waals surface area contributed by atoms with Crippen LogP contribution in [0.15, 0.2) is 11.2 Å². The molecule has 1 aliphatic heterocycles. The molecular weight excluding hydrogens is 344 g/mol. The Bertz CT molecular complexity index is 608. The maximum absolute atomic E-state index is 12.4. The lowest BCUT2D eigenvalue weighted by atomic mass is 10.2. The smallest absolute Gasteiger partial charge is 0.317 e. The van der Waals surface area contributed by atoms with Gasteiger partial charge in [0.2, 0.25) is 5.91 Å². The largest absolute Gasteiger partial charge is 0.480 e. The fraction of sp³-hybridized carbons (Fsp3) is 0.625. The Morgan fingerprint density at radius 3 is 2.72 bits per heavy atom. The van der Waals surface area contributed by atoms with Gasteiger partial charge in [0.25, 0.3) is 0 Å². The Kier molecular flexibility index (Phi) is 7.15. The first-order valence-corrected chi connectivity index (χ1v) is 9.07. The number of amides is 1. The highest BCUT2D eigenvalue weighted by atomic mass is 32.2. The molecule has 138 valence electrons. The van der Waals surface area contributed by atoms with Crippen molar-refractivity contribution in [1.82, 2.24) is 19.8 Å². The lowest BCUT2D eigenvalue weighted by molar-refractivity contribution is -0.141. The molecule has 0 spiro atoms. The molecule has 1 aliphatic rings. The number of carboxylic acid groups (broad SMARTS) is 1. The van der Waals surface area contributed by atoms with Gasteiger partial charge in [-0.05, 0) is 27.0 Å². The summed E-state index contributed by atoms with van der Waals surface area (Å²) in [5, 5.41) is 9.42. The van der Waals surface area contributed by atoms with Gasteiger partial charge in [-0.3, -0.25) is 14.5 Å². The summed E-state index contributed by atoms with van der Waals surface area (Å²) >= 11 is 1.33. The van der Waals surface area contributed by atoms with E-state index in [-0.39, 0.29) is 24.3 Å². The van der Waals surface area contributed by atoms with Crippen molar-refractivity contribution >= 4 is 23.6 Å². The summed E-state index contributed by atoms with van der Waals surface area (Å²) in [5.41, 5.74) is 1.77. The highest BCUT2D eigenvalue weighted by molar-refractivity contribution is 7.99. The zero-order valence-electron chi connectivity index (χ0n) is 14.8. The summed E-state index contributed by atoms with van der Waals surface area (Å²) in [6.07, 6.45) is -0.176. The van der Waals surface area contributed by atoms with Crippen molar-refractivity contribution in [3.63, 3.8) is 0 Å². The molecule has 0 radical (unpaired) electrons. The normalized spacial score (nSPS) is 17.8. The van der Waals surface area contributed by atoms with Crippen LogP contribution in [-0.4, -0.2) is 88.4 Å². The molecule has 1 aromatic rings. The van der Waals surface area contributed by atoms with Gasteiger partial charge in [-0.1, -0.05) is 11.8 Å². The van der Waals surface area contributed by atoms with Crippen molar-refractivity contribution in [2.75, 3.05) is 45.6 Å². The molecule has 0 bridgehead atoms. The van der Waals surface area contributed by atoms with Gasteiger partial charge in [-0.2, -0.15) is 0 Å². The van der Waals surface area contributed by atoms with Gasteiger partial charge < -0.3 is 14.7 Å². The molecule has 1 atom stereocenters. The van der Waals surface area contributed by atoms with E-state index in [2.05, 4.69) is 9.97 Å². The van der Waals surface area contributed by atoms with Crippen molar-refractivity contribution in [3.8, 4) is 0 Å². The SMILES string of the molecule is Cc1cc(C)nc(SCC(=O)N2CCOC(CN(C)CC(=O)O)C2)n1. The average Bonchev–Trinajstić information content (AvgIpc) is 2.51. The standard InChI is InChI=1S/C16H24N4O4S/c1-11-6-12(2)18-16(17-11)25-10-14(21)20-4-5-24-13(8-20)7-19(3)9-15(22)23/h6,13H,4-5,7-10H2,1-3H3,(H,22,23). The number of thioether (sulfide) groups is 1. The van der Waals surface area contributed by atoms with Crippen LogP contribution in [0.5, 0.6) is 0 Å². The number of carboxylic acids is 1. The van der Waals surface area contributed by atoms with E-state index in [0.29, 0.717) is 31.4 Å². The topological polar surface area (TPSA) is 95.9 Å². The van der Waals surface area contributed by atoms with Crippen LogP contribution in [0.25, 0.3) is 0 Å². The molecule has 2 heterocycles. The fourth-order valence-corrected chi connectivity index (χ4v) is 3.53. The molecular formula is C16H24N4O4S. The van der Waals surface area contributed by atoms with Gasteiger partial charge in [0.05, 0.1) is 25.0 Å². The van der Waals surface area contributed by atoms with Crippen LogP contribution in [0.4, 0.5) is 0 Å². The molecule has 8 nitrogen and oxygen atoms in total. The molecule has 2 rings (SSSR count). The Labute approximate surface area is 151 Å². The summed E-state index contributed by atoms with van der Waals surface area (Å²) in [6, 6.07) is 1.89. The summed E-state index contributed by atoms with van der Waals surface area (Å²) in [4.78, 5) is 35.3. The minimum absolute atomic E-state index is 0.0157. The van der Waals surface area contributed by atoms with E-state index in [0.717, 1.165) is 11.4 Å². The maximum Gasteiger partial charge on any atom is 0.317 e. The van der Waals surface area contributed by atoms with Gasteiger partial charge in [0.15, 0.2) is 5.16 Å². The number of carbonyl (C=O) groups is 2. The number of hydrogen-bond donors (Lipinski definition) is 1. The van der Waals surface area contributed by atoms with Crippen LogP contribution in [0.2, 0.25) is 0 Å². The predicted octanol–water partition coefficient (Wildman–Crippen LogP) is 0.429. The first kappa shape index (κ1) is 19.6. The molecule has 1 unspecified atom stereocenters. The molecule has 1 N–H and O–H groups in total. The number of hydrogen-bond acceptors (Lipinski definition) is 7. The fourth-order valence-electron chi connectivity index (χ4n) is 2.68. The summed E-state index contributed by atoms with van der Waals surface area (Å²) in [5.74, 6) is -0.585. The predicted molar refractivity (Wildman–Crippen MR) is 93.7 cm³/mol. The van der Waals surface area contributed by atoms with Gasteiger partial charge >= 0.3 is 5.97 Å². The minimum atomic E-state index is -0.879. The van der Waals surface area contributed by atoms with Crippen molar-refractivity contribution in [2.45, 2.75) is 25.1 Å². The van der Waals surface area contributed by atoms with Gasteiger partial charge in [-0.25, -0.2) is 9.97 Å². The van der Waals surface area contributed by atoms with Gasteiger partial charge in [-0.15, -0.1) is 0 Å². The maximum atomic E-state index is 12.4. The van der Waals surface area contributed by atoms with E-state index in [1.807, 2.05) is 19.9 Å². The van der Waals surface area contributed by atoms with E-state index in [4.69, 9.17) is 9.84 Å². The third-order valence-electron chi connectivity index (χ3n) is 3.70. The van der Waals surface area contributed by atoms with E-state index in [9.17, 15) is 9.59 Å². The average molecular weight is 368 g/mol. The van der Waals surface area contributed by atoms with E-state index in [1.165, 1.54) is 11.8 Å². The number of morpholine rings is 1. The molecule has 9 heteroatoms. The van der Waals surface area contributed by atoms with E-state index < -0.39 is 5.97 Å². The lowest BCUT2D eigenvalue weighted by Gasteiger charge is -2.34. The number of carbonyl (C=O) groups excluding carboxylic acids is 1. The number of aromatic nitrogens is 2. The number of ether oxygens (including phenoxy) is 1. The molecule has 0 aromatic carbocycles. The van der Waals surface area contributed by atoms with Crippen molar-refractivity contribution < 1.29 is 19.4 Å². The number of aryl methyl sites for hydroxylation is 2. The highest BCUT2D eigenvalue weighted by Gasteiger charge is 2.25. The molecule has 1 amide bonds. The first-order valence-electron chi connectivity index (χ1n) is 8.08. The zero-order chi connectivity index (χ0) is 18.4. The van der Waals surface area contributed by atoms with Crippen LogP contribution < -0.4 is 0 Å². The van der Waals surface area contributed by atoms with Gasteiger partial charge in [0, 0.05) is 31.0 Å². The third kappa shape index (κ3) is 6.60. The minimum Gasteiger partial charge on any atom is -0.480 e. The molecule has 0 aliphatic carbocycles. The second-order valence-electron chi connectivity index (χ2n) is 6.14. The van der Waals surface area contributed by atoms with E-state index in [1.54, 1.807) is 16.8 Å². The van der Waals surface area contributed by atoms with Crippen LogP contribution >= 0.6 is 11.8 Å². The first-order chi connectivity index (χ1) is 11.8. The van der Waals surface area contributed by atoms with Crippen LogP contribution in [0.1, 0.15) is 11.4 Å². The zero-order valence-corrected chi connectivity index (χ0v) is 15.6. The van der Waals surface area contributed by atoms with Crippen molar-refractivity contribution in [3.05, 3.63) is 17.5 Å². The second-order valence-corrected chi connectivity index (χ2v) is 7.09. The number of aliphatic carboxylic acids is 1. The van der Waals surface area contributed by atoms with Crippen LogP contribution in [-0.2, 0) is 14.3 Å². The Balaban J connectivity index is 1.83. The third-order valence-corrected chi connectivity index (χ3v) is 4.53. The van der Waals surface area contributed by atoms with Crippen LogP contribution in [0.3, 0.4) is 0 Å². The highest BCUT2D eigenvalue weighted by Crippen LogP contribution is 2.16. The summed E-state index contributed by atoms with van der Waals surface area (Å²) in [7, 11) is 1.73. The van der Waals surface area contributed by atoms with Crippen molar-refractivity contribution in [2.24, 2.45) is 0 Å². The molecule has 0 saturated carbocycles. The lowest BCUT2D eigenvalue weighted by Crippen LogP contribution is -2.50. The second kappa shape index (κ2) is 9.12. The van der Waals surface area contributed by atoms with Gasteiger partial charge in [0.1, 0.15) is 0 Å². The monoisotopic (exact) mass is 368 g/mol. The Morgan fingerprint density at radius 1 is 1.40 bits per heavy atom.